The molecule has 0 heterocycles. The molecule has 0 aromatic rings. The van der Waals surface area contributed by atoms with Gasteiger partial charge in [-0.2, -0.15) is 0 Å². The lowest BCUT2D eigenvalue weighted by Gasteiger charge is -1.98. The number of carboxylic acids is 2. The number of aliphatic carboxylic acids is 2. The minimum absolute atomic E-state index is 0.324. The zero-order chi connectivity index (χ0) is 59.7. The summed E-state index contributed by atoms with van der Waals surface area (Å²) in [5.41, 5.74) is 0. The number of hydrogen-bond donors (Lipinski definition) is 20. The van der Waals surface area contributed by atoms with Gasteiger partial charge in [-0.05, 0) is 77.0 Å². The third kappa shape index (κ3) is 115. The summed E-state index contributed by atoms with van der Waals surface area (Å²) in [5, 5.41) is 161. The third-order valence-corrected chi connectivity index (χ3v) is 9.21. The van der Waals surface area contributed by atoms with E-state index in [1.807, 2.05) is 0 Å². The Hall–Kier alpha value is -2.82. The molecule has 22 nitrogen and oxygen atoms in total. The first-order valence-corrected chi connectivity index (χ1v) is 26.8. The van der Waals surface area contributed by atoms with Crippen LogP contribution >= 0.6 is 0 Å². The number of rotatable bonds is 40. The number of carbonyl (C=O) groups is 2. The van der Waals surface area contributed by atoms with Gasteiger partial charge in [-0.1, -0.05) is 127 Å². The number of carboxylic acid groups (broad SMARTS) is 2. The molecule has 76 heavy (non-hydrogen) atoms. The first-order chi connectivity index (χ1) is 36.4. The van der Waals surface area contributed by atoms with Gasteiger partial charge in [0.25, 0.3) is 0 Å². The molecule has 0 atom stereocenters. The van der Waals surface area contributed by atoms with Crippen LogP contribution in [0.25, 0.3) is 0 Å². The fourth-order valence-electron chi connectivity index (χ4n) is 4.52. The lowest BCUT2D eigenvalue weighted by molar-refractivity contribution is -0.138. The van der Waals surface area contributed by atoms with E-state index in [4.69, 9.17) is 102 Å². The van der Waals surface area contributed by atoms with E-state index in [0.29, 0.717) is 12.8 Å². The van der Waals surface area contributed by atoms with Crippen molar-refractivity contribution in [1.29, 1.82) is 0 Å². The molecule has 0 unspecified atom stereocenters. The van der Waals surface area contributed by atoms with Gasteiger partial charge < -0.3 is 102 Å². The van der Waals surface area contributed by atoms with Crippen LogP contribution < -0.4 is 0 Å². The average Bonchev–Trinajstić information content (AvgIpc) is 3.44. The van der Waals surface area contributed by atoms with Gasteiger partial charge in [-0.3, -0.25) is 9.59 Å². The largest absolute Gasteiger partial charge is 0.481 e. The Bertz CT molecular complexity index is 990. The van der Waals surface area contributed by atoms with Gasteiger partial charge in [-0.25, -0.2) is 0 Å². The van der Waals surface area contributed by atoms with Crippen molar-refractivity contribution >= 4 is 11.9 Å². The van der Waals surface area contributed by atoms with Gasteiger partial charge in [0.05, 0.1) is 79.3 Å². The molecule has 0 saturated heterocycles. The van der Waals surface area contributed by atoms with E-state index in [1.165, 1.54) is 89.9 Å². The van der Waals surface area contributed by atoms with Crippen molar-refractivity contribution in [2.75, 3.05) is 79.3 Å². The summed E-state index contributed by atoms with van der Waals surface area (Å²) in [5.74, 6) is -1.34. The zero-order valence-corrected chi connectivity index (χ0v) is 46.3. The maximum Gasteiger partial charge on any atom is 0.303 e. The summed E-state index contributed by atoms with van der Waals surface area (Å²) in [4.78, 5) is 20.6. The van der Waals surface area contributed by atoms with E-state index in [9.17, 15) is 9.59 Å². The Labute approximate surface area is 455 Å². The van der Waals surface area contributed by atoms with Gasteiger partial charge in [0, 0.05) is 12.8 Å². The SMILES string of the molecule is CCCCC/C=C\C/C=C\CCCCCCCC(=O)O.CCCCC/C=C\C/C=C\CCCCCCCC(=O)O.OCC(O)CO.OCC(O)CO.OCC(O)CO.OCC(O)CO.OCC(O)CO.OCC(O)CO. The molecule has 0 saturated carbocycles. The molecule has 0 aromatic carbocycles. The van der Waals surface area contributed by atoms with E-state index < -0.39 is 48.6 Å². The molecular formula is C54H112O22. The summed E-state index contributed by atoms with van der Waals surface area (Å²) in [6, 6.07) is 0. The molecule has 0 aliphatic rings. The van der Waals surface area contributed by atoms with Gasteiger partial charge in [-0.15, -0.1) is 0 Å². The monoisotopic (exact) mass is 1110 g/mol. The van der Waals surface area contributed by atoms with E-state index >= 15 is 0 Å². The quantitative estimate of drug-likeness (QED) is 0.0307. The summed E-state index contributed by atoms with van der Waals surface area (Å²) in [7, 11) is 0. The summed E-state index contributed by atoms with van der Waals surface area (Å²) < 4.78 is 0. The Balaban J connectivity index is -0.000000125. The molecule has 0 aromatic heterocycles. The van der Waals surface area contributed by atoms with Crippen molar-refractivity contribution in [3.63, 3.8) is 0 Å². The van der Waals surface area contributed by atoms with Crippen molar-refractivity contribution in [3.05, 3.63) is 48.6 Å². The second-order valence-electron chi connectivity index (χ2n) is 16.9. The second-order valence-corrected chi connectivity index (χ2v) is 16.9. The van der Waals surface area contributed by atoms with E-state index in [0.717, 1.165) is 51.4 Å². The van der Waals surface area contributed by atoms with Crippen LogP contribution in [0.2, 0.25) is 0 Å². The fraction of sp³-hybridized carbons (Fsp3) is 0.815. The Morgan fingerprint density at radius 1 is 0.276 bits per heavy atom. The number of hydrogen-bond acceptors (Lipinski definition) is 20. The Morgan fingerprint density at radius 3 is 0.605 bits per heavy atom. The number of aliphatic hydroxyl groups excluding tert-OH is 18. The summed E-state index contributed by atoms with van der Waals surface area (Å²) >= 11 is 0. The smallest absolute Gasteiger partial charge is 0.303 e. The second kappa shape index (κ2) is 86.1. The van der Waals surface area contributed by atoms with Crippen LogP contribution in [0.15, 0.2) is 48.6 Å². The van der Waals surface area contributed by atoms with Crippen LogP contribution in [0.4, 0.5) is 0 Å². The van der Waals surface area contributed by atoms with Crippen molar-refractivity contribution in [1.82, 2.24) is 0 Å². The molecule has 460 valence electrons. The summed E-state index contributed by atoms with van der Waals surface area (Å²) in [6.45, 7) is 0.0945. The minimum atomic E-state index is -0.954. The van der Waals surface area contributed by atoms with Gasteiger partial charge in [0.2, 0.25) is 0 Å². The maximum atomic E-state index is 10.3. The molecule has 20 N–H and O–H groups in total. The lowest BCUT2D eigenvalue weighted by atomic mass is 10.1. The predicted molar refractivity (Wildman–Crippen MR) is 295 cm³/mol. The fourth-order valence-corrected chi connectivity index (χ4v) is 4.52. The van der Waals surface area contributed by atoms with Crippen LogP contribution in [-0.2, 0) is 9.59 Å². The zero-order valence-electron chi connectivity index (χ0n) is 46.3. The minimum Gasteiger partial charge on any atom is -0.481 e. The molecule has 0 spiro atoms. The lowest BCUT2D eigenvalue weighted by Crippen LogP contribution is -2.15. The summed E-state index contributed by atoms with van der Waals surface area (Å²) in [6.07, 6.45) is 38.8. The highest BCUT2D eigenvalue weighted by Gasteiger charge is 1.99. The average molecular weight is 1110 g/mol. The molecule has 0 rings (SSSR count). The Morgan fingerprint density at radius 2 is 0.447 bits per heavy atom. The molecule has 0 fully saturated rings. The highest BCUT2D eigenvalue weighted by Crippen LogP contribution is 2.09. The van der Waals surface area contributed by atoms with Crippen molar-refractivity contribution in [2.45, 2.75) is 205 Å². The van der Waals surface area contributed by atoms with Crippen LogP contribution in [0, 0.1) is 0 Å². The van der Waals surface area contributed by atoms with Crippen LogP contribution in [0.3, 0.4) is 0 Å². The molecule has 22 heteroatoms. The maximum absolute atomic E-state index is 10.3. The number of unbranched alkanes of at least 4 members (excludes halogenated alkanes) is 16. The van der Waals surface area contributed by atoms with Crippen molar-refractivity contribution in [2.24, 2.45) is 0 Å². The van der Waals surface area contributed by atoms with Crippen molar-refractivity contribution in [3.8, 4) is 0 Å². The van der Waals surface area contributed by atoms with Crippen LogP contribution in [0.5, 0.6) is 0 Å². The number of aliphatic hydroxyl groups is 18. The normalized spacial score (nSPS) is 10.9. The van der Waals surface area contributed by atoms with Crippen molar-refractivity contribution < 1.29 is 112 Å². The standard InChI is InChI=1S/2C18H32O2.6C3H8O3/c2*1-2-3-4-5-6-7-8-9-10-11-12-13-14-15-16-17-18(19)20;6*4-1-3(6)2-5/h2*6-7,9-10H,2-5,8,11-17H2,1H3,(H,19,20);6*3-6H,1-2H2/b2*7-6-,10-9-;;;;;;. The molecule has 0 bridgehead atoms. The first kappa shape index (κ1) is 89.7. The van der Waals surface area contributed by atoms with E-state index in [1.54, 1.807) is 0 Å². The van der Waals surface area contributed by atoms with E-state index in [-0.39, 0.29) is 79.3 Å². The van der Waals surface area contributed by atoms with Crippen LogP contribution in [-0.4, -0.2) is 230 Å². The van der Waals surface area contributed by atoms with Crippen LogP contribution in [0.1, 0.15) is 168 Å². The van der Waals surface area contributed by atoms with E-state index in [2.05, 4.69) is 62.5 Å². The molecule has 0 radical (unpaired) electrons. The molecular weight excluding hydrogens is 1000 g/mol. The van der Waals surface area contributed by atoms with Gasteiger partial charge in [0.1, 0.15) is 36.6 Å². The highest BCUT2D eigenvalue weighted by atomic mass is 16.4. The first-order valence-electron chi connectivity index (χ1n) is 26.8. The molecule has 0 aliphatic carbocycles. The molecule has 0 aliphatic heterocycles. The highest BCUT2D eigenvalue weighted by molar-refractivity contribution is 5.66. The van der Waals surface area contributed by atoms with Gasteiger partial charge >= 0.3 is 11.9 Å². The number of allylic oxidation sites excluding steroid dienone is 8. The topological polar surface area (TPSA) is 439 Å². The predicted octanol–water partition coefficient (Wildman–Crippen LogP) is 1.76. The Kier molecular flexibility index (Phi) is 102. The molecule has 0 amide bonds. The third-order valence-electron chi connectivity index (χ3n) is 9.21. The van der Waals surface area contributed by atoms with Gasteiger partial charge in [0.15, 0.2) is 0 Å².